The molecule has 11 nitrogen and oxygen atoms in total. The lowest BCUT2D eigenvalue weighted by molar-refractivity contribution is -0.159. The third kappa shape index (κ3) is 6.78. The Kier molecular flexibility index (Phi) is 9.25. The maximum atomic E-state index is 13.0. The largest absolute Gasteiger partial charge is 0.507 e. The first kappa shape index (κ1) is 28.0. The molecule has 0 aromatic heterocycles. The highest BCUT2D eigenvalue weighted by molar-refractivity contribution is 6.34. The lowest BCUT2D eigenvalue weighted by Gasteiger charge is -2.24. The van der Waals surface area contributed by atoms with Crippen LogP contribution in [0, 0.1) is 0 Å². The summed E-state index contributed by atoms with van der Waals surface area (Å²) in [6.07, 6.45) is -4.69. The van der Waals surface area contributed by atoms with E-state index in [-0.39, 0.29) is 26.7 Å². The van der Waals surface area contributed by atoms with E-state index in [1.165, 1.54) is 72.8 Å². The Labute approximate surface area is 224 Å². The van der Waals surface area contributed by atoms with Gasteiger partial charge in [-0.1, -0.05) is 59.6 Å². The van der Waals surface area contributed by atoms with Gasteiger partial charge in [0.15, 0.2) is 0 Å². The summed E-state index contributed by atoms with van der Waals surface area (Å²) in [5.74, 6) is -7.07. The minimum atomic E-state index is -2.38. The second-order valence-corrected chi connectivity index (χ2v) is 8.22. The molecule has 2 amide bonds. The number of ether oxygens (including phenoxy) is 2. The molecule has 3 aromatic rings. The normalized spacial score (nSPS) is 11.9. The van der Waals surface area contributed by atoms with Gasteiger partial charge in [-0.3, -0.25) is 20.4 Å². The minimum Gasteiger partial charge on any atom is -0.507 e. The van der Waals surface area contributed by atoms with Gasteiger partial charge in [0.25, 0.3) is 11.8 Å². The average Bonchev–Trinajstić information content (AvgIpc) is 2.89. The summed E-state index contributed by atoms with van der Waals surface area (Å²) in [5, 5.41) is 19.4. The van der Waals surface area contributed by atoms with E-state index in [1.54, 1.807) is 0 Å². The molecule has 0 aliphatic carbocycles. The first-order valence-corrected chi connectivity index (χ1v) is 11.4. The maximum Gasteiger partial charge on any atom is 0.349 e. The van der Waals surface area contributed by atoms with Crippen LogP contribution >= 0.6 is 23.2 Å². The molecule has 38 heavy (non-hydrogen) atoms. The van der Waals surface area contributed by atoms with E-state index in [0.29, 0.717) is 0 Å². The van der Waals surface area contributed by atoms with Gasteiger partial charge in [0.05, 0.1) is 26.7 Å². The van der Waals surface area contributed by atoms with Gasteiger partial charge in [-0.15, -0.1) is 0 Å². The molecule has 196 valence electrons. The third-order valence-corrected chi connectivity index (χ3v) is 5.54. The summed E-state index contributed by atoms with van der Waals surface area (Å²) >= 11 is 12.0. The monoisotopic (exact) mass is 560 g/mol. The highest BCUT2D eigenvalue weighted by Gasteiger charge is 2.41. The topological polar surface area (TPSA) is 168 Å². The minimum absolute atomic E-state index is 0.0642. The maximum absolute atomic E-state index is 13.0. The number of aliphatic carboxylic acids is 1. The zero-order valence-corrected chi connectivity index (χ0v) is 20.6. The van der Waals surface area contributed by atoms with Crippen LogP contribution in [0.5, 0.6) is 5.75 Å². The number of aromatic hydroxyl groups is 1. The van der Waals surface area contributed by atoms with E-state index < -0.39 is 47.7 Å². The molecule has 0 saturated heterocycles. The van der Waals surface area contributed by atoms with Crippen LogP contribution in [0.2, 0.25) is 10.0 Å². The van der Waals surface area contributed by atoms with Gasteiger partial charge in [0, 0.05) is 0 Å². The number of halogens is 2. The SMILES string of the molecule is O=C(NNC(=O)[C@H](OC(=O)c1ccccc1Cl)[C@@H](OC(=O)c1ccccc1Cl)C(=O)O)c1ccccc1O. The molecule has 0 aliphatic heterocycles. The number of esters is 2. The molecule has 0 fully saturated rings. The van der Waals surface area contributed by atoms with Crippen LogP contribution in [-0.2, 0) is 19.1 Å². The van der Waals surface area contributed by atoms with Gasteiger partial charge in [-0.25, -0.2) is 14.4 Å². The lowest BCUT2D eigenvalue weighted by atomic mass is 10.1. The molecular formula is C25H18Cl2N2O9. The van der Waals surface area contributed by atoms with Crippen LogP contribution < -0.4 is 10.9 Å². The van der Waals surface area contributed by atoms with Gasteiger partial charge < -0.3 is 19.7 Å². The summed E-state index contributed by atoms with van der Waals surface area (Å²) in [7, 11) is 0. The number of carboxylic acids is 1. The van der Waals surface area contributed by atoms with Crippen molar-refractivity contribution in [1.29, 1.82) is 0 Å². The number of carboxylic acid groups (broad SMARTS) is 1. The summed E-state index contributed by atoms with van der Waals surface area (Å²) in [4.78, 5) is 62.8. The number of hydrazine groups is 1. The van der Waals surface area contributed by atoms with E-state index in [2.05, 4.69) is 0 Å². The number of phenolic OH excluding ortho intramolecular Hbond substituents is 1. The van der Waals surface area contributed by atoms with Crippen molar-refractivity contribution in [1.82, 2.24) is 10.9 Å². The molecule has 3 rings (SSSR count). The number of amides is 2. The van der Waals surface area contributed by atoms with Crippen molar-refractivity contribution >= 4 is 52.9 Å². The molecule has 0 bridgehead atoms. The van der Waals surface area contributed by atoms with Crippen LogP contribution in [-0.4, -0.2) is 52.1 Å². The smallest absolute Gasteiger partial charge is 0.349 e. The Morgan fingerprint density at radius 3 is 1.58 bits per heavy atom. The second kappa shape index (κ2) is 12.6. The van der Waals surface area contributed by atoms with Crippen molar-refractivity contribution in [3.05, 3.63) is 99.5 Å². The number of nitrogens with one attached hydrogen (secondary N) is 2. The second-order valence-electron chi connectivity index (χ2n) is 7.41. The quantitative estimate of drug-likeness (QED) is 0.239. The number of rotatable bonds is 8. The number of benzene rings is 3. The highest BCUT2D eigenvalue weighted by atomic mass is 35.5. The molecule has 2 atom stereocenters. The number of hydrogen-bond acceptors (Lipinski definition) is 8. The lowest BCUT2D eigenvalue weighted by Crippen LogP contribution is -2.54. The van der Waals surface area contributed by atoms with Crippen LogP contribution in [0.25, 0.3) is 0 Å². The van der Waals surface area contributed by atoms with Crippen molar-refractivity contribution in [2.24, 2.45) is 0 Å². The van der Waals surface area contributed by atoms with Crippen LogP contribution in [0.15, 0.2) is 72.8 Å². The Morgan fingerprint density at radius 2 is 1.11 bits per heavy atom. The van der Waals surface area contributed by atoms with Gasteiger partial charge in [-0.05, 0) is 36.4 Å². The van der Waals surface area contributed by atoms with Crippen molar-refractivity contribution in [2.75, 3.05) is 0 Å². The fraction of sp³-hybridized carbons (Fsp3) is 0.0800. The summed E-state index contributed by atoms with van der Waals surface area (Å²) < 4.78 is 10.1. The molecule has 13 heteroatoms. The number of phenols is 1. The zero-order valence-electron chi connectivity index (χ0n) is 19.1. The highest BCUT2D eigenvalue weighted by Crippen LogP contribution is 2.21. The van der Waals surface area contributed by atoms with E-state index in [9.17, 15) is 34.2 Å². The van der Waals surface area contributed by atoms with E-state index in [0.717, 1.165) is 0 Å². The molecule has 0 radical (unpaired) electrons. The standard InChI is InChI=1S/C25H18Cl2N2O9/c26-16-10-4-1-7-13(16)24(35)37-19(22(32)29-28-21(31)15-9-3-6-12-18(15)30)20(23(33)34)38-25(36)14-8-2-5-11-17(14)27/h1-12,19-20,30H,(H,28,31)(H,29,32)(H,33,34)/t19-,20-/m1/s1. The molecule has 0 aliphatic rings. The zero-order chi connectivity index (χ0) is 27.8. The molecule has 0 saturated carbocycles. The van der Waals surface area contributed by atoms with Crippen LogP contribution in [0.1, 0.15) is 31.1 Å². The predicted octanol–water partition coefficient (Wildman–Crippen LogP) is 3.00. The molecular weight excluding hydrogens is 543 g/mol. The summed E-state index contributed by atoms with van der Waals surface area (Å²) in [6.45, 7) is 0. The number of carbonyl (C=O) groups excluding carboxylic acids is 4. The summed E-state index contributed by atoms with van der Waals surface area (Å²) in [5.41, 5.74) is 3.20. The van der Waals surface area contributed by atoms with Crippen LogP contribution in [0.4, 0.5) is 0 Å². The molecule has 0 spiro atoms. The number of para-hydroxylation sites is 1. The Balaban J connectivity index is 1.88. The Morgan fingerprint density at radius 1 is 0.658 bits per heavy atom. The van der Waals surface area contributed by atoms with Gasteiger partial charge >= 0.3 is 17.9 Å². The van der Waals surface area contributed by atoms with Crippen molar-refractivity contribution < 1.29 is 43.7 Å². The molecule has 0 heterocycles. The number of hydrogen-bond donors (Lipinski definition) is 4. The van der Waals surface area contributed by atoms with Crippen molar-refractivity contribution in [3.8, 4) is 5.75 Å². The molecule has 4 N–H and O–H groups in total. The fourth-order valence-corrected chi connectivity index (χ4v) is 3.45. The summed E-state index contributed by atoms with van der Waals surface area (Å²) in [6, 6.07) is 16.5. The number of carbonyl (C=O) groups is 5. The van der Waals surface area contributed by atoms with E-state index in [1.807, 2.05) is 10.9 Å². The van der Waals surface area contributed by atoms with Gasteiger partial charge in [0.1, 0.15) is 5.75 Å². The molecule has 0 unspecified atom stereocenters. The van der Waals surface area contributed by atoms with E-state index in [4.69, 9.17) is 32.7 Å². The third-order valence-electron chi connectivity index (χ3n) is 4.88. The molecule has 3 aromatic carbocycles. The van der Waals surface area contributed by atoms with Gasteiger partial charge in [0.2, 0.25) is 12.2 Å². The van der Waals surface area contributed by atoms with Crippen LogP contribution in [0.3, 0.4) is 0 Å². The Hall–Kier alpha value is -4.61. The fourth-order valence-electron chi connectivity index (χ4n) is 3.03. The average molecular weight is 561 g/mol. The van der Waals surface area contributed by atoms with Crippen molar-refractivity contribution in [3.63, 3.8) is 0 Å². The first-order valence-electron chi connectivity index (χ1n) is 10.6. The first-order chi connectivity index (χ1) is 18.1. The van der Waals surface area contributed by atoms with E-state index >= 15 is 0 Å². The van der Waals surface area contributed by atoms with Crippen molar-refractivity contribution in [2.45, 2.75) is 12.2 Å². The van der Waals surface area contributed by atoms with Gasteiger partial charge in [-0.2, -0.15) is 0 Å². The predicted molar refractivity (Wildman–Crippen MR) is 133 cm³/mol. The Bertz CT molecular complexity index is 1400.